The summed E-state index contributed by atoms with van der Waals surface area (Å²) >= 11 is 0. The van der Waals surface area contributed by atoms with Crippen molar-refractivity contribution in [2.75, 3.05) is 37.0 Å². The molecule has 1 unspecified atom stereocenters. The molecule has 0 aromatic carbocycles. The lowest BCUT2D eigenvalue weighted by molar-refractivity contribution is -0.00494. The van der Waals surface area contributed by atoms with Crippen LogP contribution in [0.2, 0.25) is 0 Å². The van der Waals surface area contributed by atoms with E-state index in [4.69, 9.17) is 4.74 Å². The highest BCUT2D eigenvalue weighted by atomic mass is 19.1. The van der Waals surface area contributed by atoms with Crippen molar-refractivity contribution in [3.8, 4) is 0 Å². The number of piperidine rings is 1. The summed E-state index contributed by atoms with van der Waals surface area (Å²) in [6, 6.07) is 0. The molecule has 0 spiro atoms. The number of nitrogens with one attached hydrogen (secondary N) is 1. The monoisotopic (exact) mass is 282 g/mol. The van der Waals surface area contributed by atoms with Gasteiger partial charge in [-0.2, -0.15) is 4.98 Å². The third-order valence-electron chi connectivity index (χ3n) is 3.71. The first-order chi connectivity index (χ1) is 9.58. The maximum Gasteiger partial charge on any atom is 0.224 e. The molecule has 1 aliphatic rings. The van der Waals surface area contributed by atoms with E-state index in [1.54, 1.807) is 7.11 Å². The van der Waals surface area contributed by atoms with E-state index in [0.29, 0.717) is 18.3 Å². The summed E-state index contributed by atoms with van der Waals surface area (Å²) in [6.07, 6.45) is 4.15. The Balaban J connectivity index is 2.18. The average Bonchev–Trinajstić information content (AvgIpc) is 2.46. The molecule has 1 aromatic rings. The van der Waals surface area contributed by atoms with Gasteiger partial charge in [-0.05, 0) is 26.2 Å². The van der Waals surface area contributed by atoms with Crippen LogP contribution in [0, 0.1) is 5.82 Å². The van der Waals surface area contributed by atoms with E-state index < -0.39 is 0 Å². The summed E-state index contributed by atoms with van der Waals surface area (Å²) in [5, 5.41) is 3.09. The molecular weight excluding hydrogens is 259 g/mol. The molecule has 2 rings (SSSR count). The topological polar surface area (TPSA) is 50.3 Å². The third-order valence-corrected chi connectivity index (χ3v) is 3.71. The minimum atomic E-state index is -0.382. The zero-order valence-corrected chi connectivity index (χ0v) is 12.4. The molecule has 1 aromatic heterocycles. The van der Waals surface area contributed by atoms with Crippen molar-refractivity contribution in [3.05, 3.63) is 12.0 Å². The van der Waals surface area contributed by atoms with Crippen LogP contribution in [-0.4, -0.2) is 42.3 Å². The number of aromatic nitrogens is 2. The highest BCUT2D eigenvalue weighted by molar-refractivity contribution is 5.44. The SMILES string of the molecule is CCCNc1ncc(F)c(N2CCCC(C)(OC)C2)n1. The van der Waals surface area contributed by atoms with Gasteiger partial charge in [0.2, 0.25) is 5.95 Å². The second-order valence-corrected chi connectivity index (χ2v) is 5.47. The maximum absolute atomic E-state index is 14.0. The van der Waals surface area contributed by atoms with Gasteiger partial charge in [0.1, 0.15) is 0 Å². The van der Waals surface area contributed by atoms with Crippen LogP contribution in [0.5, 0.6) is 0 Å². The molecule has 6 heteroatoms. The van der Waals surface area contributed by atoms with Crippen LogP contribution in [0.1, 0.15) is 33.1 Å². The number of methoxy groups -OCH3 is 1. The first kappa shape index (κ1) is 15.0. The Morgan fingerprint density at radius 2 is 2.35 bits per heavy atom. The maximum atomic E-state index is 14.0. The van der Waals surface area contributed by atoms with Crippen LogP contribution in [0.25, 0.3) is 0 Å². The highest BCUT2D eigenvalue weighted by Gasteiger charge is 2.32. The van der Waals surface area contributed by atoms with Crippen LogP contribution in [-0.2, 0) is 4.74 Å². The fourth-order valence-electron chi connectivity index (χ4n) is 2.45. The average molecular weight is 282 g/mol. The fourth-order valence-corrected chi connectivity index (χ4v) is 2.45. The molecule has 0 radical (unpaired) electrons. The molecule has 1 N–H and O–H groups in total. The number of nitrogens with zero attached hydrogens (tertiary/aromatic N) is 3. The lowest BCUT2D eigenvalue weighted by atomic mass is 9.95. The molecule has 0 saturated carbocycles. The molecule has 1 fully saturated rings. The van der Waals surface area contributed by atoms with Crippen molar-refractivity contribution >= 4 is 11.8 Å². The Labute approximate surface area is 119 Å². The number of hydrogen-bond acceptors (Lipinski definition) is 5. The van der Waals surface area contributed by atoms with Gasteiger partial charge in [-0.3, -0.25) is 0 Å². The van der Waals surface area contributed by atoms with E-state index in [-0.39, 0.29) is 11.4 Å². The fraction of sp³-hybridized carbons (Fsp3) is 0.714. The van der Waals surface area contributed by atoms with Crippen LogP contribution in [0.3, 0.4) is 0 Å². The van der Waals surface area contributed by atoms with Gasteiger partial charge in [-0.15, -0.1) is 0 Å². The number of ether oxygens (including phenoxy) is 1. The normalized spacial score (nSPS) is 22.9. The molecule has 0 aliphatic carbocycles. The van der Waals surface area contributed by atoms with Gasteiger partial charge < -0.3 is 15.0 Å². The summed E-state index contributed by atoms with van der Waals surface area (Å²) in [5.74, 6) is 0.460. The molecule has 20 heavy (non-hydrogen) atoms. The number of halogens is 1. The standard InChI is InChI=1S/C14H23FN4O/c1-4-7-16-13-17-9-11(15)12(18-13)19-8-5-6-14(2,10-19)20-3/h9H,4-8,10H2,1-3H3,(H,16,17,18). The van der Waals surface area contributed by atoms with E-state index in [2.05, 4.69) is 29.1 Å². The number of rotatable bonds is 5. The second kappa shape index (κ2) is 6.35. The summed E-state index contributed by atoms with van der Waals surface area (Å²) < 4.78 is 19.5. The highest BCUT2D eigenvalue weighted by Crippen LogP contribution is 2.28. The van der Waals surface area contributed by atoms with Gasteiger partial charge in [0, 0.05) is 26.7 Å². The largest absolute Gasteiger partial charge is 0.377 e. The van der Waals surface area contributed by atoms with Crippen LogP contribution in [0.15, 0.2) is 6.20 Å². The third kappa shape index (κ3) is 3.36. The zero-order valence-electron chi connectivity index (χ0n) is 12.4. The van der Waals surface area contributed by atoms with Gasteiger partial charge in [0.15, 0.2) is 11.6 Å². The Kier molecular flexibility index (Phi) is 4.75. The van der Waals surface area contributed by atoms with Gasteiger partial charge in [-0.1, -0.05) is 6.92 Å². The lowest BCUT2D eigenvalue weighted by Gasteiger charge is -2.40. The van der Waals surface area contributed by atoms with Gasteiger partial charge >= 0.3 is 0 Å². The molecule has 112 valence electrons. The van der Waals surface area contributed by atoms with Crippen molar-refractivity contribution in [2.24, 2.45) is 0 Å². The summed E-state index contributed by atoms with van der Waals surface area (Å²) in [5.41, 5.74) is -0.243. The molecule has 0 bridgehead atoms. The van der Waals surface area contributed by atoms with Crippen LogP contribution in [0.4, 0.5) is 16.2 Å². The Morgan fingerprint density at radius 1 is 1.55 bits per heavy atom. The predicted octanol–water partition coefficient (Wildman–Crippen LogP) is 2.44. The van der Waals surface area contributed by atoms with Crippen molar-refractivity contribution in [2.45, 2.75) is 38.7 Å². The number of hydrogen-bond donors (Lipinski definition) is 1. The molecule has 1 saturated heterocycles. The minimum absolute atomic E-state index is 0.243. The van der Waals surface area contributed by atoms with E-state index in [1.807, 2.05) is 4.90 Å². The van der Waals surface area contributed by atoms with Gasteiger partial charge in [-0.25, -0.2) is 9.37 Å². The van der Waals surface area contributed by atoms with Crippen molar-refractivity contribution < 1.29 is 9.13 Å². The van der Waals surface area contributed by atoms with Crippen molar-refractivity contribution in [1.29, 1.82) is 0 Å². The van der Waals surface area contributed by atoms with E-state index in [1.165, 1.54) is 6.20 Å². The van der Waals surface area contributed by atoms with Crippen molar-refractivity contribution in [1.82, 2.24) is 9.97 Å². The molecule has 1 atom stereocenters. The lowest BCUT2D eigenvalue weighted by Crippen LogP contribution is -2.48. The molecule has 0 amide bonds. The van der Waals surface area contributed by atoms with Crippen molar-refractivity contribution in [3.63, 3.8) is 0 Å². The molecule has 2 heterocycles. The van der Waals surface area contributed by atoms with Gasteiger partial charge in [0.05, 0.1) is 11.8 Å². The first-order valence-corrected chi connectivity index (χ1v) is 7.14. The van der Waals surface area contributed by atoms with E-state index >= 15 is 0 Å². The molecule has 5 nitrogen and oxygen atoms in total. The molecular formula is C14H23FN4O. The van der Waals surface area contributed by atoms with E-state index in [9.17, 15) is 4.39 Å². The summed E-state index contributed by atoms with van der Waals surface area (Å²) in [7, 11) is 1.70. The number of anilines is 2. The van der Waals surface area contributed by atoms with Gasteiger partial charge in [0.25, 0.3) is 0 Å². The Hall–Kier alpha value is -1.43. The second-order valence-electron chi connectivity index (χ2n) is 5.47. The summed E-state index contributed by atoms with van der Waals surface area (Å²) in [4.78, 5) is 10.2. The Morgan fingerprint density at radius 3 is 3.05 bits per heavy atom. The smallest absolute Gasteiger partial charge is 0.224 e. The predicted molar refractivity (Wildman–Crippen MR) is 77.6 cm³/mol. The molecule has 1 aliphatic heterocycles. The first-order valence-electron chi connectivity index (χ1n) is 7.14. The summed E-state index contributed by atoms with van der Waals surface area (Å²) in [6.45, 7) is 6.33. The Bertz CT molecular complexity index is 457. The quantitative estimate of drug-likeness (QED) is 0.899. The van der Waals surface area contributed by atoms with Crippen LogP contribution >= 0.6 is 0 Å². The van der Waals surface area contributed by atoms with E-state index in [0.717, 1.165) is 32.4 Å². The zero-order chi connectivity index (χ0) is 14.6. The van der Waals surface area contributed by atoms with Crippen LogP contribution < -0.4 is 10.2 Å². The minimum Gasteiger partial charge on any atom is -0.377 e.